The van der Waals surface area contributed by atoms with Gasteiger partial charge in [0.15, 0.2) is 10.8 Å². The number of imidazole rings is 1. The van der Waals surface area contributed by atoms with Gasteiger partial charge in [-0.05, 0) is 36.5 Å². The molecule has 0 radical (unpaired) electrons. The van der Waals surface area contributed by atoms with Crippen molar-refractivity contribution in [1.82, 2.24) is 19.9 Å². The minimum absolute atomic E-state index is 0.100. The zero-order valence-corrected chi connectivity index (χ0v) is 16.0. The highest BCUT2D eigenvalue weighted by Crippen LogP contribution is 2.34. The summed E-state index contributed by atoms with van der Waals surface area (Å²) in [4.78, 5) is 26.3. The van der Waals surface area contributed by atoms with Crippen LogP contribution in [-0.4, -0.2) is 38.6 Å². The molecule has 1 atom stereocenters. The van der Waals surface area contributed by atoms with E-state index in [4.69, 9.17) is 11.6 Å². The molecule has 4 rings (SSSR count). The molecule has 1 aliphatic carbocycles. The molecule has 2 heterocycles. The highest BCUT2D eigenvalue weighted by molar-refractivity contribution is 7.99. The first-order chi connectivity index (χ1) is 12.6. The van der Waals surface area contributed by atoms with Crippen LogP contribution in [0.3, 0.4) is 0 Å². The summed E-state index contributed by atoms with van der Waals surface area (Å²) in [6.07, 6.45) is 4.79. The molecular formula is C19H19ClN4OS. The van der Waals surface area contributed by atoms with Crippen molar-refractivity contribution in [3.63, 3.8) is 0 Å². The summed E-state index contributed by atoms with van der Waals surface area (Å²) in [6.45, 7) is 0. The Morgan fingerprint density at radius 3 is 3.15 bits per heavy atom. The van der Waals surface area contributed by atoms with Crippen LogP contribution in [0.4, 0.5) is 0 Å². The maximum absolute atomic E-state index is 12.7. The van der Waals surface area contributed by atoms with Crippen LogP contribution in [0.15, 0.2) is 41.7 Å². The van der Waals surface area contributed by atoms with Crippen molar-refractivity contribution < 1.29 is 4.79 Å². The number of hydrogen-bond donors (Lipinski definition) is 1. The number of fused-ring (bicyclic) bond motifs is 2. The second-order valence-electron chi connectivity index (χ2n) is 6.47. The van der Waals surface area contributed by atoms with Gasteiger partial charge in [-0.2, -0.15) is 0 Å². The molecule has 0 bridgehead atoms. The zero-order valence-electron chi connectivity index (χ0n) is 14.4. The molecule has 0 aliphatic heterocycles. The number of aryl methyl sites for hydroxylation is 1. The Bertz CT molecular complexity index is 958. The molecule has 1 aromatic carbocycles. The zero-order chi connectivity index (χ0) is 18.1. The molecule has 3 aromatic rings. The number of rotatable bonds is 4. The van der Waals surface area contributed by atoms with Gasteiger partial charge in [-0.15, -0.1) is 0 Å². The van der Waals surface area contributed by atoms with Crippen molar-refractivity contribution in [2.24, 2.45) is 0 Å². The highest BCUT2D eigenvalue weighted by Gasteiger charge is 2.26. The van der Waals surface area contributed by atoms with Crippen LogP contribution >= 0.6 is 23.4 Å². The van der Waals surface area contributed by atoms with E-state index in [2.05, 4.69) is 39.2 Å². The molecule has 0 fully saturated rings. The SMILES string of the molecule is CN(C(=O)CSc1nc2ncc(Cl)cc2[nH]1)[C@@H]1CCCc2ccccc21. The first kappa shape index (κ1) is 17.4. The highest BCUT2D eigenvalue weighted by atomic mass is 35.5. The topological polar surface area (TPSA) is 61.9 Å². The molecule has 1 N–H and O–H groups in total. The number of benzene rings is 1. The van der Waals surface area contributed by atoms with Gasteiger partial charge in [0.2, 0.25) is 5.91 Å². The molecular weight excluding hydrogens is 368 g/mol. The second-order valence-corrected chi connectivity index (χ2v) is 7.87. The van der Waals surface area contributed by atoms with Gasteiger partial charge in [-0.25, -0.2) is 9.97 Å². The van der Waals surface area contributed by atoms with E-state index in [1.54, 1.807) is 12.3 Å². The molecule has 2 aromatic heterocycles. The van der Waals surface area contributed by atoms with E-state index in [-0.39, 0.29) is 11.9 Å². The average Bonchev–Trinajstić information content (AvgIpc) is 3.07. The summed E-state index contributed by atoms with van der Waals surface area (Å²) in [5.74, 6) is 0.436. The molecule has 0 unspecified atom stereocenters. The molecule has 0 saturated carbocycles. The van der Waals surface area contributed by atoms with E-state index in [9.17, 15) is 4.79 Å². The maximum Gasteiger partial charge on any atom is 0.233 e. The number of hydrogen-bond acceptors (Lipinski definition) is 4. The van der Waals surface area contributed by atoms with Gasteiger partial charge in [-0.3, -0.25) is 4.79 Å². The Kier molecular flexibility index (Phi) is 4.87. The molecule has 0 spiro atoms. The lowest BCUT2D eigenvalue weighted by Gasteiger charge is -2.33. The summed E-state index contributed by atoms with van der Waals surface area (Å²) >= 11 is 7.34. The lowest BCUT2D eigenvalue weighted by atomic mass is 9.87. The minimum atomic E-state index is 0.100. The monoisotopic (exact) mass is 386 g/mol. The van der Waals surface area contributed by atoms with Gasteiger partial charge in [0.25, 0.3) is 0 Å². The van der Waals surface area contributed by atoms with E-state index in [1.165, 1.54) is 22.9 Å². The number of thioether (sulfide) groups is 1. The number of amides is 1. The second kappa shape index (κ2) is 7.29. The fourth-order valence-corrected chi connectivity index (χ4v) is 4.41. The van der Waals surface area contributed by atoms with Crippen LogP contribution in [0.1, 0.15) is 30.0 Å². The summed E-state index contributed by atoms with van der Waals surface area (Å²) in [6, 6.07) is 10.4. The van der Waals surface area contributed by atoms with Crippen molar-refractivity contribution >= 4 is 40.4 Å². The normalized spacial score (nSPS) is 16.5. The summed E-state index contributed by atoms with van der Waals surface area (Å²) in [5.41, 5.74) is 4.03. The van der Waals surface area contributed by atoms with Crippen LogP contribution in [0.25, 0.3) is 11.2 Å². The lowest BCUT2D eigenvalue weighted by molar-refractivity contribution is -0.129. The van der Waals surface area contributed by atoms with Crippen LogP contribution in [0.5, 0.6) is 0 Å². The number of nitrogens with one attached hydrogen (secondary N) is 1. The number of aromatic amines is 1. The Balaban J connectivity index is 1.44. The lowest BCUT2D eigenvalue weighted by Crippen LogP contribution is -2.34. The minimum Gasteiger partial charge on any atom is -0.338 e. The Labute approximate surface area is 161 Å². The van der Waals surface area contributed by atoms with Gasteiger partial charge in [0.1, 0.15) is 0 Å². The fourth-order valence-electron chi connectivity index (χ4n) is 3.46. The van der Waals surface area contributed by atoms with Crippen molar-refractivity contribution in [2.45, 2.75) is 30.5 Å². The molecule has 0 saturated heterocycles. The van der Waals surface area contributed by atoms with Crippen molar-refractivity contribution in [3.8, 4) is 0 Å². The summed E-state index contributed by atoms with van der Waals surface area (Å²) < 4.78 is 0. The number of pyridine rings is 1. The number of H-pyrrole nitrogens is 1. The van der Waals surface area contributed by atoms with Crippen LogP contribution in [-0.2, 0) is 11.2 Å². The van der Waals surface area contributed by atoms with Gasteiger partial charge < -0.3 is 9.88 Å². The van der Waals surface area contributed by atoms with Crippen LogP contribution in [0, 0.1) is 0 Å². The third-order valence-corrected chi connectivity index (χ3v) is 5.88. The predicted molar refractivity (Wildman–Crippen MR) is 105 cm³/mol. The van der Waals surface area contributed by atoms with Crippen molar-refractivity contribution in [3.05, 3.63) is 52.7 Å². The van der Waals surface area contributed by atoms with Crippen molar-refractivity contribution in [1.29, 1.82) is 0 Å². The largest absolute Gasteiger partial charge is 0.338 e. The van der Waals surface area contributed by atoms with E-state index in [0.29, 0.717) is 21.6 Å². The van der Waals surface area contributed by atoms with E-state index >= 15 is 0 Å². The van der Waals surface area contributed by atoms with Crippen LogP contribution in [0.2, 0.25) is 5.02 Å². The van der Waals surface area contributed by atoms with Gasteiger partial charge in [-0.1, -0.05) is 47.6 Å². The van der Waals surface area contributed by atoms with Gasteiger partial charge in [0.05, 0.1) is 22.3 Å². The molecule has 5 nitrogen and oxygen atoms in total. The average molecular weight is 387 g/mol. The predicted octanol–water partition coefficient (Wildman–Crippen LogP) is 4.24. The number of halogens is 1. The molecule has 1 amide bonds. The van der Waals surface area contributed by atoms with Crippen molar-refractivity contribution in [2.75, 3.05) is 12.8 Å². The van der Waals surface area contributed by atoms with E-state index in [0.717, 1.165) is 24.8 Å². The molecule has 134 valence electrons. The van der Waals surface area contributed by atoms with E-state index in [1.807, 2.05) is 11.9 Å². The third kappa shape index (κ3) is 3.44. The smallest absolute Gasteiger partial charge is 0.233 e. The fraction of sp³-hybridized carbons (Fsp3) is 0.316. The number of carbonyl (C=O) groups is 1. The van der Waals surface area contributed by atoms with Gasteiger partial charge >= 0.3 is 0 Å². The Morgan fingerprint density at radius 1 is 1.42 bits per heavy atom. The van der Waals surface area contributed by atoms with Gasteiger partial charge in [0, 0.05) is 13.2 Å². The first-order valence-electron chi connectivity index (χ1n) is 8.59. The van der Waals surface area contributed by atoms with E-state index < -0.39 is 0 Å². The maximum atomic E-state index is 12.7. The molecule has 7 heteroatoms. The summed E-state index contributed by atoms with van der Waals surface area (Å²) in [7, 11) is 1.90. The summed E-state index contributed by atoms with van der Waals surface area (Å²) in [5, 5.41) is 1.24. The number of nitrogens with zero attached hydrogens (tertiary/aromatic N) is 3. The number of aromatic nitrogens is 3. The Morgan fingerprint density at radius 2 is 2.27 bits per heavy atom. The standard InChI is InChI=1S/C19H19ClN4OS/c1-24(16-8-4-6-12-5-2-3-7-14(12)16)17(25)11-26-19-22-15-9-13(20)10-21-18(15)23-19/h2-3,5,7,9-10,16H,4,6,8,11H2,1H3,(H,21,22,23)/t16-/m1/s1. The molecule has 1 aliphatic rings. The van der Waals surface area contributed by atoms with Crippen LogP contribution < -0.4 is 0 Å². The third-order valence-electron chi connectivity index (χ3n) is 4.81. The quantitative estimate of drug-likeness (QED) is 0.681. The number of carbonyl (C=O) groups excluding carboxylic acids is 1. The Hall–Kier alpha value is -2.05. The first-order valence-corrected chi connectivity index (χ1v) is 9.95. The molecule has 26 heavy (non-hydrogen) atoms.